The zero-order valence-corrected chi connectivity index (χ0v) is 13.9. The van der Waals surface area contributed by atoms with Crippen molar-refractivity contribution in [2.75, 3.05) is 19.0 Å². The maximum absolute atomic E-state index is 12.7. The first kappa shape index (κ1) is 16.0. The van der Waals surface area contributed by atoms with E-state index in [1.807, 2.05) is 24.3 Å². The van der Waals surface area contributed by atoms with E-state index >= 15 is 0 Å². The fourth-order valence-corrected chi connectivity index (χ4v) is 4.60. The minimum atomic E-state index is -3.38. The van der Waals surface area contributed by atoms with E-state index in [0.717, 1.165) is 5.56 Å². The van der Waals surface area contributed by atoms with Crippen molar-refractivity contribution in [1.29, 1.82) is 0 Å². The third kappa shape index (κ3) is 3.26. The molecule has 1 aliphatic heterocycles. The Morgan fingerprint density at radius 2 is 1.74 bits per heavy atom. The fraction of sp³-hybridized carbons (Fsp3) is 0.235. The van der Waals surface area contributed by atoms with Gasteiger partial charge < -0.3 is 4.74 Å². The number of hydrogen-bond acceptors (Lipinski definition) is 5. The lowest BCUT2D eigenvalue weighted by molar-refractivity contribution is -0.0480. The van der Waals surface area contributed by atoms with Crippen LogP contribution in [-0.4, -0.2) is 32.5 Å². The highest BCUT2D eigenvalue weighted by molar-refractivity contribution is 7.91. The van der Waals surface area contributed by atoms with Gasteiger partial charge in [0.1, 0.15) is 0 Å². The minimum absolute atomic E-state index is 0.0276. The molecule has 23 heavy (non-hydrogen) atoms. The standard InChI is InChI=1S/C17H15NO3S2/c19-23(20,16-4-2-1-3-5-16)12-17(10-21-11-17)14-6-8-15(9-7-14)18-13-22/h1-9H,10-12H2. The molecule has 0 amide bonds. The molecule has 2 aromatic carbocycles. The number of nitrogens with zero attached hydrogens (tertiary/aromatic N) is 1. The molecule has 1 fully saturated rings. The van der Waals surface area contributed by atoms with Gasteiger partial charge in [0.2, 0.25) is 0 Å². The molecule has 1 saturated heterocycles. The van der Waals surface area contributed by atoms with E-state index in [1.165, 1.54) is 0 Å². The summed E-state index contributed by atoms with van der Waals surface area (Å²) in [6.45, 7) is 0.795. The predicted molar refractivity (Wildman–Crippen MR) is 92.1 cm³/mol. The van der Waals surface area contributed by atoms with Gasteiger partial charge >= 0.3 is 0 Å². The van der Waals surface area contributed by atoms with E-state index in [0.29, 0.717) is 23.8 Å². The first-order valence-electron chi connectivity index (χ1n) is 7.10. The van der Waals surface area contributed by atoms with Crippen LogP contribution in [0.25, 0.3) is 0 Å². The van der Waals surface area contributed by atoms with Gasteiger partial charge in [-0.2, -0.15) is 4.99 Å². The maximum Gasteiger partial charge on any atom is 0.179 e. The molecular formula is C17H15NO3S2. The van der Waals surface area contributed by atoms with Crippen LogP contribution in [0.15, 0.2) is 64.5 Å². The summed E-state index contributed by atoms with van der Waals surface area (Å²) < 4.78 is 30.7. The van der Waals surface area contributed by atoms with Gasteiger partial charge in [-0.15, -0.1) is 0 Å². The number of thiocarbonyl (C=S) groups is 1. The molecule has 0 aliphatic carbocycles. The second kappa shape index (κ2) is 6.34. The van der Waals surface area contributed by atoms with Crippen molar-refractivity contribution in [3.63, 3.8) is 0 Å². The van der Waals surface area contributed by atoms with Crippen molar-refractivity contribution in [2.45, 2.75) is 10.3 Å². The number of benzene rings is 2. The molecule has 4 nitrogen and oxygen atoms in total. The van der Waals surface area contributed by atoms with Gasteiger partial charge in [0.05, 0.1) is 40.1 Å². The van der Waals surface area contributed by atoms with Crippen molar-refractivity contribution in [2.24, 2.45) is 4.99 Å². The Morgan fingerprint density at radius 1 is 1.09 bits per heavy atom. The van der Waals surface area contributed by atoms with Gasteiger partial charge in [0.15, 0.2) is 9.84 Å². The number of ether oxygens (including phenoxy) is 1. The van der Waals surface area contributed by atoms with Crippen LogP contribution in [-0.2, 0) is 20.0 Å². The highest BCUT2D eigenvalue weighted by atomic mass is 32.2. The molecule has 1 aliphatic rings. The summed E-state index contributed by atoms with van der Waals surface area (Å²) in [7, 11) is -3.38. The molecule has 0 bridgehead atoms. The topological polar surface area (TPSA) is 55.7 Å². The SMILES string of the molecule is O=S(=O)(CC1(c2ccc(N=C=S)cc2)COC1)c1ccccc1. The average Bonchev–Trinajstić information content (AvgIpc) is 2.53. The van der Waals surface area contributed by atoms with Crippen molar-refractivity contribution in [3.05, 3.63) is 60.2 Å². The van der Waals surface area contributed by atoms with Crippen molar-refractivity contribution in [1.82, 2.24) is 0 Å². The third-order valence-electron chi connectivity index (χ3n) is 3.98. The molecule has 0 N–H and O–H groups in total. The van der Waals surface area contributed by atoms with Crippen molar-refractivity contribution < 1.29 is 13.2 Å². The molecule has 0 aromatic heterocycles. The van der Waals surface area contributed by atoms with Gasteiger partial charge in [-0.1, -0.05) is 30.3 Å². The van der Waals surface area contributed by atoms with Crippen LogP contribution in [0.1, 0.15) is 5.56 Å². The number of isothiocyanates is 1. The van der Waals surface area contributed by atoms with Crippen LogP contribution >= 0.6 is 12.2 Å². The molecule has 2 aromatic rings. The number of hydrogen-bond donors (Lipinski definition) is 0. The van der Waals surface area contributed by atoms with E-state index in [2.05, 4.69) is 22.4 Å². The summed E-state index contributed by atoms with van der Waals surface area (Å²) in [6, 6.07) is 15.9. The van der Waals surface area contributed by atoms with Crippen LogP contribution < -0.4 is 0 Å². The zero-order chi connectivity index (χ0) is 16.3. The van der Waals surface area contributed by atoms with Gasteiger partial charge in [-0.05, 0) is 42.0 Å². The first-order valence-corrected chi connectivity index (χ1v) is 9.16. The Balaban J connectivity index is 1.91. The Kier molecular flexibility index (Phi) is 4.41. The van der Waals surface area contributed by atoms with Crippen LogP contribution in [0.3, 0.4) is 0 Å². The Morgan fingerprint density at radius 3 is 2.26 bits per heavy atom. The van der Waals surface area contributed by atoms with Crippen LogP contribution in [0.2, 0.25) is 0 Å². The monoisotopic (exact) mass is 345 g/mol. The third-order valence-corrected chi connectivity index (χ3v) is 5.99. The van der Waals surface area contributed by atoms with Crippen molar-refractivity contribution in [3.8, 4) is 0 Å². The first-order chi connectivity index (χ1) is 11.1. The maximum atomic E-state index is 12.7. The molecule has 0 spiro atoms. The average molecular weight is 345 g/mol. The highest BCUT2D eigenvalue weighted by Gasteiger charge is 2.44. The van der Waals surface area contributed by atoms with Crippen LogP contribution in [0.5, 0.6) is 0 Å². The second-order valence-electron chi connectivity index (χ2n) is 5.60. The fourth-order valence-electron chi connectivity index (χ4n) is 2.70. The predicted octanol–water partition coefficient (Wildman–Crippen LogP) is 3.16. The van der Waals surface area contributed by atoms with E-state index in [-0.39, 0.29) is 5.75 Å². The normalized spacial score (nSPS) is 16.2. The van der Waals surface area contributed by atoms with E-state index in [9.17, 15) is 8.42 Å². The largest absolute Gasteiger partial charge is 0.379 e. The van der Waals surface area contributed by atoms with E-state index in [1.54, 1.807) is 30.3 Å². The summed E-state index contributed by atoms with van der Waals surface area (Å²) in [6.07, 6.45) is 0. The van der Waals surface area contributed by atoms with Crippen LogP contribution in [0.4, 0.5) is 5.69 Å². The van der Waals surface area contributed by atoms with Crippen LogP contribution in [0, 0.1) is 0 Å². The quantitative estimate of drug-likeness (QED) is 0.617. The number of aliphatic imine (C=N–C) groups is 1. The Labute approximate surface area is 140 Å². The molecule has 118 valence electrons. The van der Waals surface area contributed by atoms with Gasteiger partial charge in [0, 0.05) is 0 Å². The second-order valence-corrected chi connectivity index (χ2v) is 7.77. The molecular weight excluding hydrogens is 330 g/mol. The lowest BCUT2D eigenvalue weighted by Gasteiger charge is -2.41. The highest BCUT2D eigenvalue weighted by Crippen LogP contribution is 2.36. The molecule has 0 atom stereocenters. The molecule has 0 saturated carbocycles. The van der Waals surface area contributed by atoms with E-state index in [4.69, 9.17) is 4.74 Å². The summed E-state index contributed by atoms with van der Waals surface area (Å²) >= 11 is 4.58. The van der Waals surface area contributed by atoms with Gasteiger partial charge in [0.25, 0.3) is 0 Å². The summed E-state index contributed by atoms with van der Waals surface area (Å²) in [5.74, 6) is 0.0276. The Bertz CT molecular complexity index is 835. The Hall–Kier alpha value is -1.85. The van der Waals surface area contributed by atoms with Gasteiger partial charge in [-0.3, -0.25) is 0 Å². The molecule has 3 rings (SSSR count). The van der Waals surface area contributed by atoms with E-state index < -0.39 is 15.3 Å². The van der Waals surface area contributed by atoms with Gasteiger partial charge in [-0.25, -0.2) is 8.42 Å². The zero-order valence-electron chi connectivity index (χ0n) is 12.3. The summed E-state index contributed by atoms with van der Waals surface area (Å²) in [4.78, 5) is 4.25. The number of rotatable bonds is 5. The van der Waals surface area contributed by atoms with Crippen molar-refractivity contribution >= 4 is 32.9 Å². The lowest BCUT2D eigenvalue weighted by atomic mass is 9.80. The molecule has 1 heterocycles. The number of sulfone groups is 1. The smallest absolute Gasteiger partial charge is 0.179 e. The minimum Gasteiger partial charge on any atom is -0.379 e. The summed E-state index contributed by atoms with van der Waals surface area (Å²) in [5.41, 5.74) is 1.13. The summed E-state index contributed by atoms with van der Waals surface area (Å²) in [5, 5.41) is 2.32. The molecule has 0 unspecified atom stereocenters. The lowest BCUT2D eigenvalue weighted by Crippen LogP contribution is -2.51. The molecule has 6 heteroatoms. The molecule has 0 radical (unpaired) electrons.